The van der Waals surface area contributed by atoms with Gasteiger partial charge in [0.2, 0.25) is 0 Å². The van der Waals surface area contributed by atoms with Crippen LogP contribution >= 0.6 is 0 Å². The summed E-state index contributed by atoms with van der Waals surface area (Å²) in [6.07, 6.45) is 0.975. The first-order valence-electron chi connectivity index (χ1n) is 13.5. The Kier molecular flexibility index (Phi) is 4.92. The number of hydrogen-bond acceptors (Lipinski definition) is 1. The maximum atomic E-state index is 2.48. The van der Waals surface area contributed by atoms with Gasteiger partial charge in [0.1, 0.15) is 0 Å². The molecular weight excluding hydrogens is 472 g/mol. The fourth-order valence-electron chi connectivity index (χ4n) is 6.30. The molecule has 0 saturated heterocycles. The van der Waals surface area contributed by atoms with Crippen LogP contribution in [0, 0.1) is 0 Å². The van der Waals surface area contributed by atoms with Crippen LogP contribution in [0.4, 0.5) is 17.1 Å². The lowest BCUT2D eigenvalue weighted by atomic mass is 9.96. The van der Waals surface area contributed by atoms with Gasteiger partial charge in [0, 0.05) is 39.9 Å². The lowest BCUT2D eigenvalue weighted by molar-refractivity contribution is 1.04. The molecule has 0 saturated carbocycles. The van der Waals surface area contributed by atoms with Crippen molar-refractivity contribution in [2.75, 3.05) is 4.90 Å². The Balaban J connectivity index is 1.31. The second kappa shape index (κ2) is 8.75. The van der Waals surface area contributed by atoms with E-state index in [1.54, 1.807) is 0 Å². The summed E-state index contributed by atoms with van der Waals surface area (Å²) >= 11 is 0. The van der Waals surface area contributed by atoms with E-state index in [9.17, 15) is 0 Å². The van der Waals surface area contributed by atoms with Gasteiger partial charge in [-0.05, 0) is 70.8 Å². The van der Waals surface area contributed by atoms with Crippen molar-refractivity contribution >= 4 is 38.9 Å². The van der Waals surface area contributed by atoms with Gasteiger partial charge in [0.25, 0.3) is 0 Å². The molecule has 0 radical (unpaired) electrons. The summed E-state index contributed by atoms with van der Waals surface area (Å²) in [5.41, 5.74) is 12.6. The lowest BCUT2D eigenvalue weighted by Crippen LogP contribution is -2.09. The monoisotopic (exact) mass is 498 g/mol. The highest BCUT2D eigenvalue weighted by molar-refractivity contribution is 6.17. The van der Waals surface area contributed by atoms with Crippen molar-refractivity contribution in [3.63, 3.8) is 0 Å². The predicted molar refractivity (Wildman–Crippen MR) is 164 cm³/mol. The Bertz CT molecular complexity index is 1930. The predicted octanol–water partition coefficient (Wildman–Crippen LogP) is 9.82. The van der Waals surface area contributed by atoms with E-state index in [1.807, 2.05) is 0 Å². The van der Waals surface area contributed by atoms with Crippen LogP contribution in [0.3, 0.4) is 0 Å². The average molecular weight is 499 g/mol. The molecule has 2 heterocycles. The van der Waals surface area contributed by atoms with Crippen LogP contribution in [0.25, 0.3) is 38.6 Å². The Morgan fingerprint density at radius 3 is 1.85 bits per heavy atom. The third-order valence-corrected chi connectivity index (χ3v) is 7.97. The normalized spacial score (nSPS) is 12.0. The zero-order valence-electron chi connectivity index (χ0n) is 21.5. The number of para-hydroxylation sites is 4. The maximum absolute atomic E-state index is 2.48. The molecule has 184 valence electrons. The number of rotatable bonds is 4. The number of aromatic nitrogens is 1. The third kappa shape index (κ3) is 3.42. The van der Waals surface area contributed by atoms with E-state index in [4.69, 9.17) is 0 Å². The molecule has 0 spiro atoms. The highest BCUT2D eigenvalue weighted by atomic mass is 15.1. The molecule has 2 heteroatoms. The molecule has 0 fully saturated rings. The minimum atomic E-state index is 0.975. The second-order valence-corrected chi connectivity index (χ2v) is 10.2. The van der Waals surface area contributed by atoms with Gasteiger partial charge >= 0.3 is 0 Å². The van der Waals surface area contributed by atoms with E-state index < -0.39 is 0 Å². The number of benzene rings is 6. The van der Waals surface area contributed by atoms with Crippen LogP contribution in [0.5, 0.6) is 0 Å². The minimum Gasteiger partial charge on any atom is -0.311 e. The Morgan fingerprint density at radius 1 is 0.487 bits per heavy atom. The fourth-order valence-corrected chi connectivity index (χ4v) is 6.30. The molecule has 1 aliphatic rings. The summed E-state index contributed by atoms with van der Waals surface area (Å²) < 4.78 is 2.48. The van der Waals surface area contributed by atoms with Crippen molar-refractivity contribution in [1.82, 2.24) is 4.57 Å². The standard InChI is InChI=1S/C37H26N2/c1-3-13-29(14-4-1)38(30-15-5-2-6-16-30)31-23-21-26(22-24-31)32-17-10-20-35-36(32)33-18-9-12-28-25-27-11-7-8-19-34(27)39(35)37(28)33/h1-24H,25H2. The van der Waals surface area contributed by atoms with Gasteiger partial charge in [-0.25, -0.2) is 0 Å². The molecule has 0 bridgehead atoms. The van der Waals surface area contributed by atoms with Crippen molar-refractivity contribution in [2.24, 2.45) is 0 Å². The quantitative estimate of drug-likeness (QED) is 0.234. The Labute approximate surface area is 228 Å². The molecule has 0 aliphatic carbocycles. The van der Waals surface area contributed by atoms with E-state index in [0.717, 1.165) is 23.5 Å². The summed E-state index contributed by atoms with van der Waals surface area (Å²) in [5.74, 6) is 0. The first-order valence-corrected chi connectivity index (χ1v) is 13.5. The van der Waals surface area contributed by atoms with E-state index in [-0.39, 0.29) is 0 Å². The lowest BCUT2D eigenvalue weighted by Gasteiger charge is -2.25. The fraction of sp³-hybridized carbons (Fsp3) is 0.0270. The molecule has 0 amide bonds. The summed E-state index contributed by atoms with van der Waals surface area (Å²) in [6.45, 7) is 0. The third-order valence-electron chi connectivity index (χ3n) is 7.97. The minimum absolute atomic E-state index is 0.975. The van der Waals surface area contributed by atoms with Gasteiger partial charge in [-0.15, -0.1) is 0 Å². The van der Waals surface area contributed by atoms with E-state index in [2.05, 4.69) is 155 Å². The summed E-state index contributed by atoms with van der Waals surface area (Å²) in [7, 11) is 0. The van der Waals surface area contributed by atoms with Crippen molar-refractivity contribution in [1.29, 1.82) is 0 Å². The van der Waals surface area contributed by atoms with Crippen molar-refractivity contribution < 1.29 is 0 Å². The van der Waals surface area contributed by atoms with E-state index in [1.165, 1.54) is 49.7 Å². The summed E-state index contributed by atoms with van der Waals surface area (Å²) in [6, 6.07) is 52.5. The van der Waals surface area contributed by atoms with Gasteiger partial charge in [0.15, 0.2) is 0 Å². The van der Waals surface area contributed by atoms with Gasteiger partial charge in [-0.2, -0.15) is 0 Å². The molecular formula is C37H26N2. The van der Waals surface area contributed by atoms with Gasteiger partial charge < -0.3 is 9.47 Å². The van der Waals surface area contributed by atoms with Gasteiger partial charge in [-0.3, -0.25) is 0 Å². The van der Waals surface area contributed by atoms with Crippen LogP contribution in [-0.2, 0) is 6.42 Å². The number of fused-ring (bicyclic) bond motifs is 5. The molecule has 1 aromatic heterocycles. The van der Waals surface area contributed by atoms with Crippen LogP contribution in [0.15, 0.2) is 146 Å². The topological polar surface area (TPSA) is 8.17 Å². The van der Waals surface area contributed by atoms with E-state index >= 15 is 0 Å². The highest BCUT2D eigenvalue weighted by Crippen LogP contribution is 2.43. The van der Waals surface area contributed by atoms with Gasteiger partial charge in [-0.1, -0.05) is 97.1 Å². The van der Waals surface area contributed by atoms with Crippen LogP contribution in [0.2, 0.25) is 0 Å². The Hall–Kier alpha value is -5.08. The molecule has 0 N–H and O–H groups in total. The van der Waals surface area contributed by atoms with E-state index in [0.29, 0.717) is 0 Å². The van der Waals surface area contributed by atoms with Crippen molar-refractivity contribution in [3.8, 4) is 16.8 Å². The zero-order valence-corrected chi connectivity index (χ0v) is 21.5. The molecule has 0 atom stereocenters. The largest absolute Gasteiger partial charge is 0.311 e. The van der Waals surface area contributed by atoms with Crippen molar-refractivity contribution in [2.45, 2.75) is 6.42 Å². The summed E-state index contributed by atoms with van der Waals surface area (Å²) in [4.78, 5) is 2.31. The highest BCUT2D eigenvalue weighted by Gasteiger charge is 2.23. The second-order valence-electron chi connectivity index (χ2n) is 10.2. The van der Waals surface area contributed by atoms with Crippen LogP contribution in [-0.4, -0.2) is 4.57 Å². The number of anilines is 3. The first kappa shape index (κ1) is 22.0. The molecule has 7 aromatic rings. The molecule has 0 unspecified atom stereocenters. The smallest absolute Gasteiger partial charge is 0.0576 e. The molecule has 2 nitrogen and oxygen atoms in total. The van der Waals surface area contributed by atoms with Crippen LogP contribution < -0.4 is 4.90 Å². The number of nitrogens with zero attached hydrogens (tertiary/aromatic N) is 2. The maximum Gasteiger partial charge on any atom is 0.0576 e. The Morgan fingerprint density at radius 2 is 1.10 bits per heavy atom. The average Bonchev–Trinajstić information content (AvgIpc) is 3.35. The first-order chi connectivity index (χ1) is 19.4. The molecule has 1 aliphatic heterocycles. The number of hydrogen-bond donors (Lipinski definition) is 0. The zero-order chi connectivity index (χ0) is 25.8. The molecule has 39 heavy (non-hydrogen) atoms. The molecule has 8 rings (SSSR count). The van der Waals surface area contributed by atoms with Gasteiger partial charge in [0.05, 0.1) is 11.0 Å². The molecule has 6 aromatic carbocycles. The van der Waals surface area contributed by atoms with Crippen molar-refractivity contribution in [3.05, 3.63) is 157 Å². The SMILES string of the molecule is c1ccc(N(c2ccccc2)c2ccc(-c3cccc4c3c3cccc5c3n4-c3ccccc3C5)cc2)cc1. The summed E-state index contributed by atoms with van der Waals surface area (Å²) in [5, 5.41) is 2.65. The van der Waals surface area contributed by atoms with Crippen LogP contribution in [0.1, 0.15) is 11.1 Å².